The summed E-state index contributed by atoms with van der Waals surface area (Å²) < 4.78 is 5.18. The number of hydrogen-bond donors (Lipinski definition) is 2. The highest BCUT2D eigenvalue weighted by molar-refractivity contribution is 6.35. The largest absolute Gasteiger partial charge is 0.444 e. The van der Waals surface area contributed by atoms with Gasteiger partial charge in [-0.1, -0.05) is 11.6 Å². The molecule has 0 atom stereocenters. The summed E-state index contributed by atoms with van der Waals surface area (Å²) in [6.07, 6.45) is 2.89. The molecule has 2 rings (SSSR count). The molecule has 2 heterocycles. The Labute approximate surface area is 116 Å². The number of nitrogens with zero attached hydrogens (tertiary/aromatic N) is 1. The highest BCUT2D eigenvalue weighted by atomic mass is 35.5. The van der Waals surface area contributed by atoms with E-state index >= 15 is 0 Å². The van der Waals surface area contributed by atoms with E-state index in [0.717, 1.165) is 10.9 Å². The summed E-state index contributed by atoms with van der Waals surface area (Å²) in [5, 5.41) is 4.11. The monoisotopic (exact) mass is 281 g/mol. The first-order valence-electron chi connectivity index (χ1n) is 5.94. The number of H-pyrrole nitrogens is 1. The number of aromatic nitrogens is 2. The van der Waals surface area contributed by atoms with Crippen molar-refractivity contribution in [3.05, 3.63) is 29.0 Å². The number of aromatic amines is 1. The van der Waals surface area contributed by atoms with Gasteiger partial charge < -0.3 is 15.0 Å². The van der Waals surface area contributed by atoms with Gasteiger partial charge in [0, 0.05) is 24.3 Å². The van der Waals surface area contributed by atoms with E-state index < -0.39 is 11.7 Å². The average molecular weight is 282 g/mol. The van der Waals surface area contributed by atoms with Crippen molar-refractivity contribution in [2.45, 2.75) is 32.9 Å². The Morgan fingerprint density at radius 1 is 1.53 bits per heavy atom. The number of fused-ring (bicyclic) bond motifs is 1. The van der Waals surface area contributed by atoms with Crippen molar-refractivity contribution in [1.82, 2.24) is 15.3 Å². The lowest BCUT2D eigenvalue weighted by atomic mass is 10.2. The van der Waals surface area contributed by atoms with E-state index in [1.165, 1.54) is 0 Å². The third-order valence-corrected chi connectivity index (χ3v) is 2.73. The fraction of sp³-hybridized carbons (Fsp3) is 0.385. The van der Waals surface area contributed by atoms with Crippen LogP contribution in [0.5, 0.6) is 0 Å². The van der Waals surface area contributed by atoms with Crippen LogP contribution < -0.4 is 5.32 Å². The number of nitrogens with one attached hydrogen (secondary N) is 2. The maximum Gasteiger partial charge on any atom is 0.407 e. The van der Waals surface area contributed by atoms with Crippen LogP contribution in [0.1, 0.15) is 26.3 Å². The van der Waals surface area contributed by atoms with Gasteiger partial charge in [-0.25, -0.2) is 9.78 Å². The van der Waals surface area contributed by atoms with Gasteiger partial charge in [0.15, 0.2) is 0 Å². The first-order chi connectivity index (χ1) is 8.87. The van der Waals surface area contributed by atoms with E-state index in [-0.39, 0.29) is 0 Å². The molecule has 102 valence electrons. The first-order valence-corrected chi connectivity index (χ1v) is 6.32. The van der Waals surface area contributed by atoms with E-state index in [1.54, 1.807) is 12.4 Å². The fourth-order valence-corrected chi connectivity index (χ4v) is 1.98. The van der Waals surface area contributed by atoms with E-state index in [0.29, 0.717) is 17.2 Å². The van der Waals surface area contributed by atoms with Crippen LogP contribution in [0.2, 0.25) is 5.02 Å². The summed E-state index contributed by atoms with van der Waals surface area (Å²) in [7, 11) is 0. The summed E-state index contributed by atoms with van der Waals surface area (Å²) in [5.41, 5.74) is 1.08. The van der Waals surface area contributed by atoms with Crippen LogP contribution in [0, 0.1) is 0 Å². The summed E-state index contributed by atoms with van der Waals surface area (Å²) >= 11 is 6.08. The van der Waals surface area contributed by atoms with Crippen LogP contribution in [0.4, 0.5) is 4.79 Å². The molecule has 6 heteroatoms. The molecular weight excluding hydrogens is 266 g/mol. The lowest BCUT2D eigenvalue weighted by Gasteiger charge is -2.19. The van der Waals surface area contributed by atoms with Crippen molar-refractivity contribution in [3.8, 4) is 0 Å². The van der Waals surface area contributed by atoms with E-state index in [1.807, 2.05) is 26.8 Å². The second-order valence-electron chi connectivity index (χ2n) is 5.19. The molecule has 0 aliphatic rings. The van der Waals surface area contributed by atoms with Crippen LogP contribution in [-0.2, 0) is 11.3 Å². The summed E-state index contributed by atoms with van der Waals surface area (Å²) in [5.74, 6) is 0. The molecule has 0 radical (unpaired) electrons. The van der Waals surface area contributed by atoms with Gasteiger partial charge in [0.2, 0.25) is 0 Å². The highest BCUT2D eigenvalue weighted by Gasteiger charge is 2.16. The van der Waals surface area contributed by atoms with Gasteiger partial charge in [-0.05, 0) is 32.4 Å². The predicted molar refractivity (Wildman–Crippen MR) is 74.2 cm³/mol. The van der Waals surface area contributed by atoms with Gasteiger partial charge in [0.1, 0.15) is 11.2 Å². The number of ether oxygens (including phenoxy) is 1. The number of carbonyl (C=O) groups excluding carboxylic acids is 1. The molecule has 0 spiro atoms. The van der Waals surface area contributed by atoms with Gasteiger partial charge >= 0.3 is 6.09 Å². The minimum Gasteiger partial charge on any atom is -0.444 e. The van der Waals surface area contributed by atoms with Crippen molar-refractivity contribution >= 4 is 28.7 Å². The zero-order chi connectivity index (χ0) is 14.0. The molecule has 0 saturated heterocycles. The van der Waals surface area contributed by atoms with E-state index in [9.17, 15) is 4.79 Å². The summed E-state index contributed by atoms with van der Waals surface area (Å²) in [6, 6.07) is 1.82. The van der Waals surface area contributed by atoms with Gasteiger partial charge in [-0.2, -0.15) is 0 Å². The molecule has 2 aromatic heterocycles. The van der Waals surface area contributed by atoms with Crippen molar-refractivity contribution in [3.63, 3.8) is 0 Å². The predicted octanol–water partition coefficient (Wildman–Crippen LogP) is 3.24. The molecule has 2 N–H and O–H groups in total. The average Bonchev–Trinajstić information content (AvgIpc) is 2.67. The molecule has 5 nitrogen and oxygen atoms in total. The first kappa shape index (κ1) is 13.7. The van der Waals surface area contributed by atoms with Crippen molar-refractivity contribution in [2.24, 2.45) is 0 Å². The summed E-state index contributed by atoms with van der Waals surface area (Å²) in [4.78, 5) is 18.7. The molecular formula is C13H16ClN3O2. The van der Waals surface area contributed by atoms with Crippen molar-refractivity contribution in [1.29, 1.82) is 0 Å². The third-order valence-electron chi connectivity index (χ3n) is 2.43. The molecule has 0 saturated carbocycles. The second kappa shape index (κ2) is 5.09. The zero-order valence-corrected chi connectivity index (χ0v) is 11.8. The van der Waals surface area contributed by atoms with Gasteiger partial charge in [-0.15, -0.1) is 0 Å². The lowest BCUT2D eigenvalue weighted by Crippen LogP contribution is -2.32. The molecule has 1 amide bonds. The van der Waals surface area contributed by atoms with E-state index in [4.69, 9.17) is 16.3 Å². The number of halogens is 1. The van der Waals surface area contributed by atoms with Crippen molar-refractivity contribution < 1.29 is 9.53 Å². The fourth-order valence-electron chi connectivity index (χ4n) is 1.71. The van der Waals surface area contributed by atoms with Crippen LogP contribution in [0.3, 0.4) is 0 Å². The van der Waals surface area contributed by atoms with Crippen LogP contribution in [-0.4, -0.2) is 21.7 Å². The number of hydrogen-bond acceptors (Lipinski definition) is 3. The Bertz CT molecular complexity index is 601. The highest BCUT2D eigenvalue weighted by Crippen LogP contribution is 2.24. The molecule has 2 aromatic rings. The molecule has 0 bridgehead atoms. The SMILES string of the molecule is CC(C)(C)OC(=O)NCc1ccnc2[nH]cc(Cl)c12. The molecule has 19 heavy (non-hydrogen) atoms. The second-order valence-corrected chi connectivity index (χ2v) is 5.59. The van der Waals surface area contributed by atoms with Crippen LogP contribution >= 0.6 is 11.6 Å². The molecule has 0 aliphatic heterocycles. The Morgan fingerprint density at radius 3 is 2.95 bits per heavy atom. The molecule has 0 aromatic carbocycles. The minimum atomic E-state index is -0.511. The van der Waals surface area contributed by atoms with Crippen molar-refractivity contribution in [2.75, 3.05) is 0 Å². The normalized spacial score (nSPS) is 11.6. The standard InChI is InChI=1S/C13H16ClN3O2/c1-13(2,3)19-12(18)17-6-8-4-5-15-11-10(8)9(14)7-16-11/h4-5,7H,6H2,1-3H3,(H,15,16)(H,17,18). The number of amides is 1. The number of rotatable bonds is 2. The topological polar surface area (TPSA) is 67.0 Å². The minimum absolute atomic E-state index is 0.339. The number of alkyl carbamates (subject to hydrolysis) is 1. The van der Waals surface area contributed by atoms with Crippen LogP contribution in [0.25, 0.3) is 11.0 Å². The Balaban J connectivity index is 2.10. The molecule has 0 fully saturated rings. The Hall–Kier alpha value is -1.75. The Kier molecular flexibility index (Phi) is 3.66. The molecule has 0 aliphatic carbocycles. The maximum absolute atomic E-state index is 11.6. The summed E-state index contributed by atoms with van der Waals surface area (Å²) in [6.45, 7) is 5.80. The van der Waals surface area contributed by atoms with Gasteiger partial charge in [-0.3, -0.25) is 0 Å². The third kappa shape index (κ3) is 3.38. The molecule has 0 unspecified atom stereocenters. The van der Waals surface area contributed by atoms with Gasteiger partial charge in [0.25, 0.3) is 0 Å². The number of carbonyl (C=O) groups is 1. The zero-order valence-electron chi connectivity index (χ0n) is 11.1. The van der Waals surface area contributed by atoms with E-state index in [2.05, 4.69) is 15.3 Å². The quantitative estimate of drug-likeness (QED) is 0.888. The van der Waals surface area contributed by atoms with Crippen LogP contribution in [0.15, 0.2) is 18.5 Å². The Morgan fingerprint density at radius 2 is 2.26 bits per heavy atom. The maximum atomic E-state index is 11.6. The van der Waals surface area contributed by atoms with Gasteiger partial charge in [0.05, 0.1) is 5.02 Å². The lowest BCUT2D eigenvalue weighted by molar-refractivity contribution is 0.0524. The smallest absolute Gasteiger partial charge is 0.407 e. The number of pyridine rings is 1.